The average Bonchev–Trinajstić information content (AvgIpc) is 2.54. The van der Waals surface area contributed by atoms with Crippen molar-refractivity contribution in [2.24, 2.45) is 0 Å². The fourth-order valence-electron chi connectivity index (χ4n) is 2.53. The van der Waals surface area contributed by atoms with Gasteiger partial charge in [0.1, 0.15) is 11.5 Å². The molecule has 0 aromatic heterocycles. The van der Waals surface area contributed by atoms with Crippen LogP contribution in [0.1, 0.15) is 38.3 Å². The number of benzene rings is 2. The van der Waals surface area contributed by atoms with Gasteiger partial charge in [-0.05, 0) is 18.6 Å². The molecule has 2 aromatic carbocycles. The number of alkyl halides is 1. The van der Waals surface area contributed by atoms with Crippen molar-refractivity contribution in [2.75, 3.05) is 12.5 Å². The smallest absolute Gasteiger partial charge is 0.198 e. The van der Waals surface area contributed by atoms with Gasteiger partial charge in [0.25, 0.3) is 0 Å². The second-order valence-corrected chi connectivity index (χ2v) is 5.31. The van der Waals surface area contributed by atoms with Gasteiger partial charge >= 0.3 is 0 Å². The molecule has 3 rings (SSSR count). The Morgan fingerprint density at radius 2 is 1.59 bits per heavy atom. The summed E-state index contributed by atoms with van der Waals surface area (Å²) in [6, 6.07) is 9.44. The molecule has 0 aliphatic heterocycles. The van der Waals surface area contributed by atoms with E-state index in [1.165, 1.54) is 12.1 Å². The third-order valence-corrected chi connectivity index (χ3v) is 3.82. The second-order valence-electron chi connectivity index (χ2n) is 4.93. The van der Waals surface area contributed by atoms with E-state index in [4.69, 9.17) is 16.3 Å². The summed E-state index contributed by atoms with van der Waals surface area (Å²) in [6.07, 6.45) is 0.621. The molecule has 0 heterocycles. The molecule has 0 saturated heterocycles. The Balaban J connectivity index is 2.14. The Morgan fingerprint density at radius 3 is 2.23 bits per heavy atom. The van der Waals surface area contributed by atoms with Crippen molar-refractivity contribution in [3.63, 3.8) is 0 Å². The van der Waals surface area contributed by atoms with E-state index >= 15 is 0 Å². The molecule has 0 radical (unpaired) electrons. The van der Waals surface area contributed by atoms with Crippen LogP contribution in [-0.4, -0.2) is 29.2 Å². The number of carbonyl (C=O) groups is 2. The van der Waals surface area contributed by atoms with Crippen molar-refractivity contribution in [3.8, 4) is 11.5 Å². The van der Waals surface area contributed by atoms with Gasteiger partial charge in [0.2, 0.25) is 0 Å². The quantitative estimate of drug-likeness (QED) is 0.593. The minimum Gasteiger partial charge on any atom is -0.507 e. The maximum atomic E-state index is 12.7. The van der Waals surface area contributed by atoms with E-state index in [2.05, 4.69) is 0 Å². The Kier molecular flexibility index (Phi) is 3.86. The number of ether oxygens (including phenoxy) is 1. The molecule has 1 N–H and O–H groups in total. The minimum atomic E-state index is -0.370. The molecule has 1 aliphatic rings. The molecule has 5 heteroatoms. The summed E-state index contributed by atoms with van der Waals surface area (Å²) in [5.41, 5.74) is 0.756. The zero-order chi connectivity index (χ0) is 15.7. The van der Waals surface area contributed by atoms with Gasteiger partial charge in [0, 0.05) is 17.0 Å². The molecule has 0 spiro atoms. The van der Waals surface area contributed by atoms with E-state index in [1.54, 1.807) is 24.3 Å². The van der Waals surface area contributed by atoms with Crippen molar-refractivity contribution < 1.29 is 19.4 Å². The van der Waals surface area contributed by atoms with Gasteiger partial charge in [0.05, 0.1) is 17.7 Å². The first-order chi connectivity index (χ1) is 10.6. The van der Waals surface area contributed by atoms with Crippen molar-refractivity contribution >= 4 is 23.2 Å². The highest BCUT2D eigenvalue weighted by molar-refractivity contribution is 6.30. The summed E-state index contributed by atoms with van der Waals surface area (Å²) in [5.74, 6) is -0.165. The molecule has 0 atom stereocenters. The molecule has 0 amide bonds. The number of hydrogen-bond donors (Lipinski definition) is 1. The normalized spacial score (nSPS) is 12.8. The van der Waals surface area contributed by atoms with Gasteiger partial charge in [-0.15, -0.1) is 11.6 Å². The lowest BCUT2D eigenvalue weighted by Gasteiger charge is -2.21. The Bertz CT molecular complexity index is 767. The molecule has 0 unspecified atom stereocenters. The first-order valence-electron chi connectivity index (χ1n) is 6.88. The van der Waals surface area contributed by atoms with Crippen molar-refractivity contribution in [1.29, 1.82) is 0 Å². The molecular weight excluding hydrogens is 304 g/mol. The van der Waals surface area contributed by atoms with Crippen LogP contribution in [0.5, 0.6) is 11.5 Å². The molecule has 0 saturated carbocycles. The van der Waals surface area contributed by atoms with Crippen molar-refractivity contribution in [2.45, 2.75) is 6.42 Å². The van der Waals surface area contributed by atoms with Crippen LogP contribution >= 0.6 is 11.6 Å². The van der Waals surface area contributed by atoms with Crippen LogP contribution in [0.2, 0.25) is 0 Å². The Labute approximate surface area is 132 Å². The number of halogens is 1. The highest BCUT2D eigenvalue weighted by atomic mass is 35.5. The zero-order valence-corrected chi connectivity index (χ0v) is 12.4. The zero-order valence-electron chi connectivity index (χ0n) is 11.6. The molecular formula is C17H13ClO4. The molecule has 0 bridgehead atoms. The van der Waals surface area contributed by atoms with Crippen LogP contribution in [0.25, 0.3) is 0 Å². The summed E-state index contributed by atoms with van der Waals surface area (Å²) >= 11 is 5.61. The van der Waals surface area contributed by atoms with E-state index in [0.717, 1.165) is 0 Å². The summed E-state index contributed by atoms with van der Waals surface area (Å²) in [6.45, 7) is 0.337. The third-order valence-electron chi connectivity index (χ3n) is 3.55. The predicted molar refractivity (Wildman–Crippen MR) is 82.2 cm³/mol. The molecule has 2 aromatic rings. The summed E-state index contributed by atoms with van der Waals surface area (Å²) < 4.78 is 5.56. The third kappa shape index (κ3) is 2.25. The van der Waals surface area contributed by atoms with Gasteiger partial charge < -0.3 is 9.84 Å². The molecule has 0 fully saturated rings. The number of aromatic hydroxyl groups is 1. The summed E-state index contributed by atoms with van der Waals surface area (Å²) in [7, 11) is 0. The number of carbonyl (C=O) groups excluding carboxylic acids is 2. The van der Waals surface area contributed by atoms with Crippen LogP contribution < -0.4 is 4.74 Å². The Morgan fingerprint density at radius 1 is 0.955 bits per heavy atom. The number of fused-ring (bicyclic) bond motifs is 2. The van der Waals surface area contributed by atoms with E-state index in [9.17, 15) is 14.7 Å². The van der Waals surface area contributed by atoms with Crippen molar-refractivity contribution in [3.05, 3.63) is 58.7 Å². The first-order valence-corrected chi connectivity index (χ1v) is 7.41. The lowest BCUT2D eigenvalue weighted by Crippen LogP contribution is -2.22. The number of hydrogen-bond acceptors (Lipinski definition) is 4. The molecule has 4 nitrogen and oxygen atoms in total. The fraction of sp³-hybridized carbons (Fsp3) is 0.176. The second kappa shape index (κ2) is 5.81. The highest BCUT2D eigenvalue weighted by Gasteiger charge is 2.34. The van der Waals surface area contributed by atoms with Gasteiger partial charge in [-0.25, -0.2) is 0 Å². The van der Waals surface area contributed by atoms with E-state index in [-0.39, 0.29) is 28.4 Å². The van der Waals surface area contributed by atoms with Gasteiger partial charge in [-0.1, -0.05) is 24.3 Å². The summed E-state index contributed by atoms with van der Waals surface area (Å²) in [4.78, 5) is 25.3. The monoisotopic (exact) mass is 316 g/mol. The number of phenolic OH excluding ortho intramolecular Hbond substituents is 1. The topological polar surface area (TPSA) is 63.6 Å². The van der Waals surface area contributed by atoms with E-state index in [0.29, 0.717) is 35.8 Å². The average molecular weight is 317 g/mol. The van der Waals surface area contributed by atoms with Crippen molar-refractivity contribution in [1.82, 2.24) is 0 Å². The molecule has 1 aliphatic carbocycles. The van der Waals surface area contributed by atoms with Crippen LogP contribution in [0, 0.1) is 0 Å². The number of ketones is 2. The molecule has 112 valence electrons. The maximum Gasteiger partial charge on any atom is 0.198 e. The predicted octanol–water partition coefficient (Wildman–Crippen LogP) is 3.18. The van der Waals surface area contributed by atoms with Gasteiger partial charge in [0.15, 0.2) is 11.6 Å². The number of rotatable bonds is 4. The van der Waals surface area contributed by atoms with Crippen LogP contribution in [0.4, 0.5) is 0 Å². The highest BCUT2D eigenvalue weighted by Crippen LogP contribution is 2.37. The van der Waals surface area contributed by atoms with E-state index < -0.39 is 0 Å². The maximum absolute atomic E-state index is 12.7. The lowest BCUT2D eigenvalue weighted by molar-refractivity contribution is 0.0973. The fourth-order valence-corrected chi connectivity index (χ4v) is 2.64. The van der Waals surface area contributed by atoms with Crippen LogP contribution in [0.3, 0.4) is 0 Å². The standard InChI is InChI=1S/C17H13ClO4/c18-8-3-9-22-13-7-6-12(19)14-15(13)17(21)11-5-2-1-4-10(11)16(14)20/h1-2,4-7,19H,3,8-9H2. The number of phenols is 1. The minimum absolute atomic E-state index is 0.00655. The van der Waals surface area contributed by atoms with Gasteiger partial charge in [-0.2, -0.15) is 0 Å². The molecule has 22 heavy (non-hydrogen) atoms. The SMILES string of the molecule is O=C1c2ccccc2C(=O)c2c(OCCCCl)ccc(O)c21. The first kappa shape index (κ1) is 14.6. The van der Waals surface area contributed by atoms with Gasteiger partial charge in [-0.3, -0.25) is 9.59 Å². The van der Waals surface area contributed by atoms with Crippen LogP contribution in [0.15, 0.2) is 36.4 Å². The van der Waals surface area contributed by atoms with E-state index in [1.807, 2.05) is 0 Å². The Hall–Kier alpha value is -2.33. The summed E-state index contributed by atoms with van der Waals surface area (Å²) in [5, 5.41) is 10.0. The lowest BCUT2D eigenvalue weighted by atomic mass is 9.83. The largest absolute Gasteiger partial charge is 0.507 e. The van der Waals surface area contributed by atoms with Crippen LogP contribution in [-0.2, 0) is 0 Å².